The molecule has 0 saturated carbocycles. The van der Waals surface area contributed by atoms with Gasteiger partial charge in [-0.1, -0.05) is 6.32 Å². The Morgan fingerprint density at radius 1 is 1.46 bits per heavy atom. The minimum Gasteiger partial charge on any atom is -0.449 e. The molecule has 0 aliphatic rings. The largest absolute Gasteiger partial charge is 1.00 e. The van der Waals surface area contributed by atoms with Gasteiger partial charge in [-0.25, -0.2) is 4.98 Å². The van der Waals surface area contributed by atoms with Crippen molar-refractivity contribution in [2.45, 2.75) is 12.7 Å². The van der Waals surface area contributed by atoms with Gasteiger partial charge in [-0.05, 0) is 6.42 Å². The van der Waals surface area contributed by atoms with Gasteiger partial charge in [-0.3, -0.25) is 0 Å². The molecule has 0 aliphatic carbocycles. The molecule has 0 bridgehead atoms. The quantitative estimate of drug-likeness (QED) is 0.581. The molecule has 13 heavy (non-hydrogen) atoms. The van der Waals surface area contributed by atoms with Gasteiger partial charge in [0.1, 0.15) is 5.82 Å². The van der Waals surface area contributed by atoms with Crippen LogP contribution in [0.1, 0.15) is 5.82 Å². The van der Waals surface area contributed by atoms with Gasteiger partial charge >= 0.3 is 58.4 Å². The maximum Gasteiger partial charge on any atom is 1.00 e. The van der Waals surface area contributed by atoms with Crippen molar-refractivity contribution < 1.29 is 64.3 Å². The summed E-state index contributed by atoms with van der Waals surface area (Å²) >= 11 is 0. The summed E-state index contributed by atoms with van der Waals surface area (Å²) in [4.78, 5) is 3.79. The summed E-state index contributed by atoms with van der Waals surface area (Å²) in [5.74, 6) is 0.481. The number of hydrogen-bond donors (Lipinski definition) is 0. The van der Waals surface area contributed by atoms with E-state index in [0.29, 0.717) is 5.82 Å². The van der Waals surface area contributed by atoms with E-state index in [2.05, 4.69) is 4.98 Å². The van der Waals surface area contributed by atoms with Crippen LogP contribution in [-0.4, -0.2) is 16.5 Å². The number of aryl methyl sites for hydroxylation is 2. The maximum absolute atomic E-state index is 11.8. The van der Waals surface area contributed by atoms with Crippen molar-refractivity contribution in [3.05, 3.63) is 18.2 Å². The van der Waals surface area contributed by atoms with Gasteiger partial charge in [-0.15, -0.1) is 0 Å². The van der Waals surface area contributed by atoms with E-state index in [1.165, 1.54) is 6.20 Å². The van der Waals surface area contributed by atoms with E-state index in [1.807, 2.05) is 0 Å². The SMILES string of the molecule is Cn1ccnc1CC[B-](F)(F)F.[K+]. The predicted molar refractivity (Wildman–Crippen MR) is 40.8 cm³/mol. The Hall–Kier alpha value is 0.701. The molecule has 0 aromatic carbocycles. The van der Waals surface area contributed by atoms with E-state index in [9.17, 15) is 12.9 Å². The Bertz CT molecular complexity index is 261. The normalized spacial score (nSPS) is 11.1. The fourth-order valence-electron chi connectivity index (χ4n) is 0.930. The molecule has 7 heteroatoms. The summed E-state index contributed by atoms with van der Waals surface area (Å²) in [6.45, 7) is -4.68. The zero-order chi connectivity index (χ0) is 9.19. The van der Waals surface area contributed by atoms with Crippen LogP contribution in [0, 0.1) is 0 Å². The minimum absolute atomic E-state index is 0. The van der Waals surface area contributed by atoms with E-state index >= 15 is 0 Å². The monoisotopic (exact) mass is 216 g/mol. The Kier molecular flexibility index (Phi) is 5.85. The molecule has 68 valence electrons. The Morgan fingerprint density at radius 2 is 2.08 bits per heavy atom. The number of aromatic nitrogens is 2. The first-order chi connectivity index (χ1) is 5.49. The van der Waals surface area contributed by atoms with E-state index in [4.69, 9.17) is 0 Å². The van der Waals surface area contributed by atoms with Crippen molar-refractivity contribution in [3.8, 4) is 0 Å². The zero-order valence-electron chi connectivity index (χ0n) is 7.67. The van der Waals surface area contributed by atoms with Crippen LogP contribution < -0.4 is 51.4 Å². The number of rotatable bonds is 3. The molecular weight excluding hydrogens is 207 g/mol. The fraction of sp³-hybridized carbons (Fsp3) is 0.500. The summed E-state index contributed by atoms with van der Waals surface area (Å²) in [6.07, 6.45) is 2.37. The summed E-state index contributed by atoms with van der Waals surface area (Å²) in [5.41, 5.74) is 0. The van der Waals surface area contributed by atoms with E-state index in [1.54, 1.807) is 17.8 Å². The van der Waals surface area contributed by atoms with Crippen molar-refractivity contribution in [1.82, 2.24) is 9.55 Å². The van der Waals surface area contributed by atoms with Crippen LogP contribution in [0.3, 0.4) is 0 Å². The van der Waals surface area contributed by atoms with Crippen molar-refractivity contribution in [2.75, 3.05) is 0 Å². The number of hydrogen-bond acceptors (Lipinski definition) is 1. The van der Waals surface area contributed by atoms with Crippen molar-refractivity contribution in [3.63, 3.8) is 0 Å². The molecule has 0 saturated heterocycles. The first kappa shape index (κ1) is 13.7. The Morgan fingerprint density at radius 3 is 2.46 bits per heavy atom. The van der Waals surface area contributed by atoms with Crippen LogP contribution in [0.2, 0.25) is 6.32 Å². The molecule has 0 amide bonds. The second kappa shape index (κ2) is 5.55. The van der Waals surface area contributed by atoms with Gasteiger partial charge in [0.2, 0.25) is 0 Å². The number of nitrogens with zero attached hydrogens (tertiary/aromatic N) is 2. The molecular formula is C6H9BF3KN2. The molecule has 0 radical (unpaired) electrons. The molecule has 0 unspecified atom stereocenters. The van der Waals surface area contributed by atoms with Gasteiger partial charge < -0.3 is 17.5 Å². The van der Waals surface area contributed by atoms with Gasteiger partial charge in [0.25, 0.3) is 0 Å². The molecule has 0 spiro atoms. The maximum atomic E-state index is 11.8. The van der Waals surface area contributed by atoms with Crippen LogP contribution in [-0.2, 0) is 13.5 Å². The van der Waals surface area contributed by atoms with E-state index < -0.39 is 13.3 Å². The Balaban J connectivity index is 0.00000144. The van der Waals surface area contributed by atoms with Crippen LogP contribution in [0.15, 0.2) is 12.4 Å². The second-order valence-corrected chi connectivity index (χ2v) is 2.70. The molecule has 0 atom stereocenters. The van der Waals surface area contributed by atoms with Crippen LogP contribution in [0.4, 0.5) is 12.9 Å². The molecule has 2 nitrogen and oxygen atoms in total. The van der Waals surface area contributed by atoms with Gasteiger partial charge in [0.05, 0.1) is 0 Å². The Labute approximate surface area is 117 Å². The summed E-state index contributed by atoms with van der Waals surface area (Å²) < 4.78 is 37.0. The average Bonchev–Trinajstić information content (AvgIpc) is 2.29. The standard InChI is InChI=1S/C6H9BF3N2.K/c1-12-5-4-11-6(12)2-3-7(8,9)10;/h4-5H,2-3H2,1H3;/q-1;+1. The molecule has 0 aliphatic heterocycles. The van der Waals surface area contributed by atoms with Crippen LogP contribution in [0.5, 0.6) is 0 Å². The number of halogens is 3. The van der Waals surface area contributed by atoms with Gasteiger partial charge in [0, 0.05) is 19.4 Å². The molecule has 1 rings (SSSR count). The van der Waals surface area contributed by atoms with Gasteiger partial charge in [0.15, 0.2) is 0 Å². The molecule has 0 fully saturated rings. The van der Waals surface area contributed by atoms with Crippen LogP contribution >= 0.6 is 0 Å². The first-order valence-electron chi connectivity index (χ1n) is 3.66. The molecule has 1 aromatic rings. The zero-order valence-corrected chi connectivity index (χ0v) is 10.8. The van der Waals surface area contributed by atoms with E-state index in [-0.39, 0.29) is 57.8 Å². The summed E-state index contributed by atoms with van der Waals surface area (Å²) in [7, 11) is 1.69. The van der Waals surface area contributed by atoms with Crippen molar-refractivity contribution in [2.24, 2.45) is 7.05 Å². The molecule has 1 aromatic heterocycles. The van der Waals surface area contributed by atoms with Crippen molar-refractivity contribution >= 4 is 6.98 Å². The number of imidazole rings is 1. The smallest absolute Gasteiger partial charge is 0.449 e. The first-order valence-corrected chi connectivity index (χ1v) is 3.66. The molecule has 1 heterocycles. The van der Waals surface area contributed by atoms with Crippen LogP contribution in [0.25, 0.3) is 0 Å². The predicted octanol–water partition coefficient (Wildman–Crippen LogP) is -1.19. The third-order valence-corrected chi connectivity index (χ3v) is 1.62. The summed E-state index contributed by atoms with van der Waals surface area (Å²) in [5, 5.41) is 0. The molecule has 0 N–H and O–H groups in total. The third kappa shape index (κ3) is 5.21. The van der Waals surface area contributed by atoms with Crippen molar-refractivity contribution in [1.29, 1.82) is 0 Å². The second-order valence-electron chi connectivity index (χ2n) is 2.70. The average molecular weight is 216 g/mol. The third-order valence-electron chi connectivity index (χ3n) is 1.62. The fourth-order valence-corrected chi connectivity index (χ4v) is 0.930. The summed E-state index contributed by atoms with van der Waals surface area (Å²) in [6, 6.07) is 0. The topological polar surface area (TPSA) is 17.8 Å². The van der Waals surface area contributed by atoms with E-state index in [0.717, 1.165) is 0 Å². The minimum atomic E-state index is -4.68. The van der Waals surface area contributed by atoms with Gasteiger partial charge in [-0.2, -0.15) is 0 Å².